The van der Waals surface area contributed by atoms with Crippen LogP contribution in [0.2, 0.25) is 0 Å². The van der Waals surface area contributed by atoms with Gasteiger partial charge in [0, 0.05) is 12.3 Å². The number of halogens is 3. The summed E-state index contributed by atoms with van der Waals surface area (Å²) in [6, 6.07) is 5.34. The summed E-state index contributed by atoms with van der Waals surface area (Å²) in [5, 5.41) is 1.87. The van der Waals surface area contributed by atoms with E-state index in [4.69, 9.17) is 4.42 Å². The third-order valence-electron chi connectivity index (χ3n) is 3.26. The molecule has 3 rings (SSSR count). The van der Waals surface area contributed by atoms with Crippen molar-refractivity contribution >= 4 is 11.3 Å². The fourth-order valence-corrected chi connectivity index (χ4v) is 2.71. The quantitative estimate of drug-likeness (QED) is 0.725. The molecule has 0 saturated carbocycles. The number of thiophene rings is 1. The van der Waals surface area contributed by atoms with Gasteiger partial charge in [-0.1, -0.05) is 6.07 Å². The predicted octanol–water partition coefficient (Wildman–Crippen LogP) is 3.94. The summed E-state index contributed by atoms with van der Waals surface area (Å²) < 4.78 is 44.8. The van der Waals surface area contributed by atoms with Crippen molar-refractivity contribution in [3.63, 3.8) is 0 Å². The van der Waals surface area contributed by atoms with Gasteiger partial charge in [0.2, 0.25) is 5.89 Å². The van der Waals surface area contributed by atoms with Crippen LogP contribution in [0.4, 0.5) is 13.2 Å². The van der Waals surface area contributed by atoms with Crippen LogP contribution in [0.1, 0.15) is 17.0 Å². The summed E-state index contributed by atoms with van der Waals surface area (Å²) in [7, 11) is 0. The van der Waals surface area contributed by atoms with Crippen molar-refractivity contribution in [3.8, 4) is 10.8 Å². The Labute approximate surface area is 132 Å². The molecule has 0 amide bonds. The summed E-state index contributed by atoms with van der Waals surface area (Å²) in [5.41, 5.74) is -0.982. The van der Waals surface area contributed by atoms with E-state index in [2.05, 4.69) is 4.98 Å². The van der Waals surface area contributed by atoms with Crippen molar-refractivity contribution in [1.29, 1.82) is 0 Å². The monoisotopic (exact) mass is 340 g/mol. The van der Waals surface area contributed by atoms with Crippen LogP contribution < -0.4 is 5.56 Å². The van der Waals surface area contributed by atoms with Gasteiger partial charge in [0.15, 0.2) is 0 Å². The number of nitrogens with zero attached hydrogens (tertiary/aromatic N) is 2. The Balaban J connectivity index is 1.95. The normalized spacial score (nSPS) is 11.8. The average Bonchev–Trinajstić information content (AvgIpc) is 3.10. The number of rotatable bonds is 3. The second kappa shape index (κ2) is 5.69. The fourth-order valence-electron chi connectivity index (χ4n) is 2.06. The molecule has 0 radical (unpaired) electrons. The first-order valence-corrected chi connectivity index (χ1v) is 7.50. The van der Waals surface area contributed by atoms with Gasteiger partial charge in [0.05, 0.1) is 17.0 Å². The van der Waals surface area contributed by atoms with Crippen LogP contribution in [0.3, 0.4) is 0 Å². The highest BCUT2D eigenvalue weighted by molar-refractivity contribution is 7.13. The summed E-state index contributed by atoms with van der Waals surface area (Å²) in [6.07, 6.45) is -3.71. The van der Waals surface area contributed by atoms with E-state index in [1.54, 1.807) is 6.92 Å². The van der Waals surface area contributed by atoms with Crippen LogP contribution >= 0.6 is 11.3 Å². The molecule has 120 valence electrons. The first-order chi connectivity index (χ1) is 10.8. The molecule has 0 aliphatic carbocycles. The van der Waals surface area contributed by atoms with Gasteiger partial charge in [-0.15, -0.1) is 11.3 Å². The Morgan fingerprint density at radius 2 is 2.09 bits per heavy atom. The smallest absolute Gasteiger partial charge is 0.417 e. The van der Waals surface area contributed by atoms with E-state index in [1.807, 2.05) is 17.5 Å². The van der Waals surface area contributed by atoms with Crippen molar-refractivity contribution in [2.24, 2.45) is 0 Å². The van der Waals surface area contributed by atoms with Crippen LogP contribution in [0.15, 0.2) is 45.1 Å². The highest BCUT2D eigenvalue weighted by Gasteiger charge is 2.31. The molecule has 3 aromatic rings. The second-order valence-electron chi connectivity index (χ2n) is 4.88. The summed E-state index contributed by atoms with van der Waals surface area (Å²) in [4.78, 5) is 16.9. The van der Waals surface area contributed by atoms with Gasteiger partial charge in [-0.2, -0.15) is 13.2 Å². The number of aryl methyl sites for hydroxylation is 1. The molecule has 3 heterocycles. The number of hydrogen-bond donors (Lipinski definition) is 0. The molecule has 0 atom stereocenters. The maximum absolute atomic E-state index is 12.8. The van der Waals surface area contributed by atoms with Gasteiger partial charge in [0.25, 0.3) is 5.56 Å². The van der Waals surface area contributed by atoms with E-state index in [0.717, 1.165) is 27.8 Å². The lowest BCUT2D eigenvalue weighted by Gasteiger charge is -2.09. The van der Waals surface area contributed by atoms with Gasteiger partial charge in [-0.25, -0.2) is 4.98 Å². The van der Waals surface area contributed by atoms with Crippen molar-refractivity contribution in [3.05, 3.63) is 63.2 Å². The van der Waals surface area contributed by atoms with Gasteiger partial charge in [-0.3, -0.25) is 4.79 Å². The zero-order valence-corrected chi connectivity index (χ0v) is 12.7. The average molecular weight is 340 g/mol. The first kappa shape index (κ1) is 15.5. The summed E-state index contributed by atoms with van der Waals surface area (Å²) >= 11 is 1.44. The summed E-state index contributed by atoms with van der Waals surface area (Å²) in [6.45, 7) is 1.58. The SMILES string of the molecule is Cc1oc(-c2cccs2)nc1Cn1cc(C(F)(F)F)ccc1=O. The van der Waals surface area contributed by atoms with Gasteiger partial charge in [-0.05, 0) is 24.4 Å². The maximum atomic E-state index is 12.8. The molecule has 0 aromatic carbocycles. The highest BCUT2D eigenvalue weighted by atomic mass is 32.1. The van der Waals surface area contributed by atoms with Crippen LogP contribution in [-0.4, -0.2) is 9.55 Å². The molecule has 0 unspecified atom stereocenters. The lowest BCUT2D eigenvalue weighted by Crippen LogP contribution is -2.22. The molecular weight excluding hydrogens is 329 g/mol. The van der Waals surface area contributed by atoms with Gasteiger partial charge in [0.1, 0.15) is 11.5 Å². The molecule has 0 bridgehead atoms. The van der Waals surface area contributed by atoms with Crippen molar-refractivity contribution in [2.45, 2.75) is 19.6 Å². The van der Waals surface area contributed by atoms with Gasteiger partial charge >= 0.3 is 6.18 Å². The minimum absolute atomic E-state index is 0.0799. The topological polar surface area (TPSA) is 48.0 Å². The van der Waals surface area contributed by atoms with E-state index >= 15 is 0 Å². The van der Waals surface area contributed by atoms with E-state index in [-0.39, 0.29) is 6.54 Å². The van der Waals surface area contributed by atoms with Crippen molar-refractivity contribution < 1.29 is 17.6 Å². The van der Waals surface area contributed by atoms with E-state index in [9.17, 15) is 18.0 Å². The minimum Gasteiger partial charge on any atom is -0.440 e. The molecule has 3 aromatic heterocycles. The van der Waals surface area contributed by atoms with E-state index in [0.29, 0.717) is 17.3 Å². The molecule has 8 heteroatoms. The number of aromatic nitrogens is 2. The standard InChI is InChI=1S/C15H11F3N2O2S/c1-9-11(19-14(22-9)12-3-2-6-23-12)8-20-7-10(15(16,17)18)4-5-13(20)21/h2-7H,8H2,1H3. The Kier molecular flexibility index (Phi) is 3.85. The molecule has 0 fully saturated rings. The number of pyridine rings is 1. The molecule has 0 aliphatic rings. The van der Waals surface area contributed by atoms with Crippen molar-refractivity contribution in [1.82, 2.24) is 9.55 Å². The third-order valence-corrected chi connectivity index (χ3v) is 4.11. The molecule has 0 saturated heterocycles. The zero-order valence-electron chi connectivity index (χ0n) is 11.9. The van der Waals surface area contributed by atoms with Crippen LogP contribution in [0.25, 0.3) is 10.8 Å². The lowest BCUT2D eigenvalue weighted by atomic mass is 10.2. The molecule has 0 aliphatic heterocycles. The van der Waals surface area contributed by atoms with Crippen molar-refractivity contribution in [2.75, 3.05) is 0 Å². The lowest BCUT2D eigenvalue weighted by molar-refractivity contribution is -0.138. The number of hydrogen-bond acceptors (Lipinski definition) is 4. The molecule has 0 spiro atoms. The zero-order chi connectivity index (χ0) is 16.6. The minimum atomic E-state index is -4.50. The van der Waals surface area contributed by atoms with E-state index in [1.165, 1.54) is 11.3 Å². The Morgan fingerprint density at radius 3 is 2.74 bits per heavy atom. The Bertz CT molecular complexity index is 879. The van der Waals surface area contributed by atoms with Gasteiger partial charge < -0.3 is 8.98 Å². The summed E-state index contributed by atoms with van der Waals surface area (Å²) in [5.74, 6) is 0.866. The van der Waals surface area contributed by atoms with E-state index < -0.39 is 17.3 Å². The van der Waals surface area contributed by atoms with Crippen LogP contribution in [0.5, 0.6) is 0 Å². The molecule has 0 N–H and O–H groups in total. The highest BCUT2D eigenvalue weighted by Crippen LogP contribution is 2.29. The first-order valence-electron chi connectivity index (χ1n) is 6.62. The largest absolute Gasteiger partial charge is 0.440 e. The maximum Gasteiger partial charge on any atom is 0.417 e. The number of oxazole rings is 1. The Morgan fingerprint density at radius 1 is 1.30 bits per heavy atom. The molecule has 23 heavy (non-hydrogen) atoms. The number of alkyl halides is 3. The van der Waals surface area contributed by atoms with Crippen LogP contribution in [-0.2, 0) is 12.7 Å². The Hall–Kier alpha value is -2.35. The van der Waals surface area contributed by atoms with Crippen LogP contribution in [0, 0.1) is 6.92 Å². The third kappa shape index (κ3) is 3.21. The molecule has 4 nitrogen and oxygen atoms in total. The fraction of sp³-hybridized carbons (Fsp3) is 0.200. The second-order valence-corrected chi connectivity index (χ2v) is 5.83. The molecular formula is C15H11F3N2O2S. The predicted molar refractivity (Wildman–Crippen MR) is 79.4 cm³/mol.